The Bertz CT molecular complexity index is 777. The number of rotatable bonds is 3. The minimum absolute atomic E-state index is 0.0962. The van der Waals surface area contributed by atoms with Gasteiger partial charge in [-0.05, 0) is 36.8 Å². The average molecular weight is 351 g/mol. The van der Waals surface area contributed by atoms with Crippen LogP contribution >= 0.6 is 11.8 Å². The molecule has 0 aromatic heterocycles. The number of hydrogen-bond donors (Lipinski definition) is 1. The number of piperidine rings is 1. The van der Waals surface area contributed by atoms with E-state index in [0.717, 1.165) is 16.1 Å². The van der Waals surface area contributed by atoms with E-state index in [1.807, 2.05) is 60.9 Å². The molecule has 2 aromatic rings. The molecule has 0 atom stereocenters. The van der Waals surface area contributed by atoms with E-state index >= 15 is 0 Å². The number of thioether (sulfide) groups is 1. The summed E-state index contributed by atoms with van der Waals surface area (Å²) in [6.45, 7) is 1.16. The molecule has 0 spiro atoms. The van der Waals surface area contributed by atoms with Crippen LogP contribution < -0.4 is 5.32 Å². The Hall–Kier alpha value is -2.45. The number of nitriles is 1. The van der Waals surface area contributed by atoms with Crippen LogP contribution in [0.3, 0.4) is 0 Å². The van der Waals surface area contributed by atoms with Crippen molar-refractivity contribution in [3.8, 4) is 6.07 Å². The van der Waals surface area contributed by atoms with Gasteiger partial charge in [-0.3, -0.25) is 0 Å². The number of amides is 2. The van der Waals surface area contributed by atoms with E-state index in [1.54, 1.807) is 16.7 Å². The van der Waals surface area contributed by atoms with Crippen LogP contribution in [0.2, 0.25) is 0 Å². The summed E-state index contributed by atoms with van der Waals surface area (Å²) in [4.78, 5) is 15.4. The maximum absolute atomic E-state index is 12.6. The monoisotopic (exact) mass is 351 g/mol. The van der Waals surface area contributed by atoms with Gasteiger partial charge in [0, 0.05) is 18.0 Å². The summed E-state index contributed by atoms with van der Waals surface area (Å²) in [6, 6.07) is 20.1. The Labute approximate surface area is 152 Å². The van der Waals surface area contributed by atoms with Gasteiger partial charge in [0.1, 0.15) is 0 Å². The molecule has 0 radical (unpaired) electrons. The maximum atomic E-state index is 12.6. The molecule has 25 heavy (non-hydrogen) atoms. The number of benzene rings is 2. The molecule has 0 saturated carbocycles. The first-order valence-corrected chi connectivity index (χ1v) is 9.57. The first kappa shape index (κ1) is 17.4. The highest BCUT2D eigenvalue weighted by Crippen LogP contribution is 2.35. The molecule has 4 nitrogen and oxygen atoms in total. The molecule has 2 aromatic carbocycles. The molecule has 0 aliphatic carbocycles. The summed E-state index contributed by atoms with van der Waals surface area (Å²) in [5.41, 5.74) is 1.39. The highest BCUT2D eigenvalue weighted by Gasteiger charge is 2.37. The Morgan fingerprint density at radius 3 is 2.40 bits per heavy atom. The van der Waals surface area contributed by atoms with Crippen LogP contribution in [0.1, 0.15) is 18.4 Å². The molecule has 1 heterocycles. The molecule has 0 unspecified atom stereocenters. The first-order chi connectivity index (χ1) is 12.2. The van der Waals surface area contributed by atoms with Crippen molar-refractivity contribution in [3.63, 3.8) is 0 Å². The van der Waals surface area contributed by atoms with Gasteiger partial charge in [0.2, 0.25) is 0 Å². The number of urea groups is 1. The molecule has 1 N–H and O–H groups in total. The fourth-order valence-corrected chi connectivity index (χ4v) is 3.81. The number of nitrogens with zero attached hydrogens (tertiary/aromatic N) is 2. The van der Waals surface area contributed by atoms with E-state index in [1.165, 1.54) is 0 Å². The number of likely N-dealkylation sites (tertiary alicyclic amines) is 1. The fraction of sp³-hybridized carbons (Fsp3) is 0.300. The number of carbonyl (C=O) groups is 1. The van der Waals surface area contributed by atoms with Gasteiger partial charge >= 0.3 is 6.03 Å². The van der Waals surface area contributed by atoms with Gasteiger partial charge < -0.3 is 10.2 Å². The Kier molecular flexibility index (Phi) is 5.30. The van der Waals surface area contributed by atoms with Crippen LogP contribution in [0.25, 0.3) is 0 Å². The molecule has 5 heteroatoms. The molecule has 0 bridgehead atoms. The smallest absolute Gasteiger partial charge is 0.321 e. The molecular formula is C20H21N3OS. The van der Waals surface area contributed by atoms with Gasteiger partial charge in [-0.1, -0.05) is 42.5 Å². The van der Waals surface area contributed by atoms with Gasteiger partial charge in [0.25, 0.3) is 0 Å². The third-order valence-electron chi connectivity index (χ3n) is 4.79. The van der Waals surface area contributed by atoms with Gasteiger partial charge in [0.05, 0.1) is 17.2 Å². The van der Waals surface area contributed by atoms with Crippen molar-refractivity contribution < 1.29 is 4.79 Å². The van der Waals surface area contributed by atoms with Crippen molar-refractivity contribution in [1.29, 1.82) is 5.26 Å². The minimum atomic E-state index is -0.491. The summed E-state index contributed by atoms with van der Waals surface area (Å²) in [5, 5.41) is 12.8. The lowest BCUT2D eigenvalue weighted by molar-refractivity contribution is 0.183. The molecule has 1 aliphatic rings. The summed E-state index contributed by atoms with van der Waals surface area (Å²) < 4.78 is 0. The van der Waals surface area contributed by atoms with E-state index in [9.17, 15) is 10.1 Å². The third kappa shape index (κ3) is 3.64. The zero-order chi connectivity index (χ0) is 17.7. The third-order valence-corrected chi connectivity index (χ3v) is 5.59. The number of carbonyl (C=O) groups excluding carboxylic acids is 1. The number of nitrogens with one attached hydrogen (secondary N) is 1. The fourth-order valence-electron chi connectivity index (χ4n) is 3.26. The number of para-hydroxylation sites is 1. The highest BCUT2D eigenvalue weighted by molar-refractivity contribution is 7.98. The quantitative estimate of drug-likeness (QED) is 0.829. The highest BCUT2D eigenvalue weighted by atomic mass is 32.2. The SMILES string of the molecule is CSc1ccccc1NC(=O)N1CCC(C#N)(c2ccccc2)CC1. The molecular weight excluding hydrogens is 330 g/mol. The van der Waals surface area contributed by atoms with Crippen molar-refractivity contribution in [3.05, 3.63) is 60.2 Å². The second kappa shape index (κ2) is 7.62. The zero-order valence-electron chi connectivity index (χ0n) is 14.2. The average Bonchev–Trinajstić information content (AvgIpc) is 2.69. The topological polar surface area (TPSA) is 56.1 Å². The minimum Gasteiger partial charge on any atom is -0.324 e. The van der Waals surface area contributed by atoms with Crippen LogP contribution in [-0.4, -0.2) is 30.3 Å². The molecule has 1 fully saturated rings. The van der Waals surface area contributed by atoms with E-state index < -0.39 is 5.41 Å². The van der Waals surface area contributed by atoms with Crippen LogP contribution in [-0.2, 0) is 5.41 Å². The van der Waals surface area contributed by atoms with Crippen LogP contribution in [0.5, 0.6) is 0 Å². The Balaban J connectivity index is 1.68. The lowest BCUT2D eigenvalue weighted by Gasteiger charge is -2.37. The summed E-state index contributed by atoms with van der Waals surface area (Å²) in [5.74, 6) is 0. The van der Waals surface area contributed by atoms with Crippen LogP contribution in [0.15, 0.2) is 59.5 Å². The summed E-state index contributed by atoms with van der Waals surface area (Å²) in [6.07, 6.45) is 3.31. The summed E-state index contributed by atoms with van der Waals surface area (Å²) in [7, 11) is 0. The van der Waals surface area contributed by atoms with Gasteiger partial charge in [-0.2, -0.15) is 5.26 Å². The van der Waals surface area contributed by atoms with Gasteiger partial charge in [-0.25, -0.2) is 4.79 Å². The van der Waals surface area contributed by atoms with E-state index in [4.69, 9.17) is 0 Å². The largest absolute Gasteiger partial charge is 0.324 e. The molecule has 3 rings (SSSR count). The van der Waals surface area contributed by atoms with Crippen molar-refractivity contribution in [2.24, 2.45) is 0 Å². The van der Waals surface area contributed by atoms with Crippen molar-refractivity contribution in [2.45, 2.75) is 23.2 Å². The Morgan fingerprint density at radius 2 is 1.76 bits per heavy atom. The first-order valence-electron chi connectivity index (χ1n) is 8.34. The van der Waals surface area contributed by atoms with Crippen molar-refractivity contribution in [1.82, 2.24) is 4.90 Å². The predicted molar refractivity (Wildman–Crippen MR) is 102 cm³/mol. The second-order valence-electron chi connectivity index (χ2n) is 6.18. The molecule has 128 valence electrons. The standard InChI is InChI=1S/C20H21N3OS/c1-25-18-10-6-5-9-17(18)22-19(24)23-13-11-20(15-21,12-14-23)16-7-3-2-4-8-16/h2-10H,11-14H2,1H3,(H,22,24). The van der Waals surface area contributed by atoms with Crippen molar-refractivity contribution in [2.75, 3.05) is 24.7 Å². The maximum Gasteiger partial charge on any atom is 0.321 e. The van der Waals surface area contributed by atoms with Crippen LogP contribution in [0.4, 0.5) is 10.5 Å². The van der Waals surface area contributed by atoms with E-state index in [2.05, 4.69) is 11.4 Å². The molecule has 1 aliphatic heterocycles. The molecule has 2 amide bonds. The van der Waals surface area contributed by atoms with Gasteiger partial charge in [0.15, 0.2) is 0 Å². The lowest BCUT2D eigenvalue weighted by Crippen LogP contribution is -2.46. The Morgan fingerprint density at radius 1 is 1.12 bits per heavy atom. The van der Waals surface area contributed by atoms with Crippen molar-refractivity contribution >= 4 is 23.5 Å². The molecule has 1 saturated heterocycles. The van der Waals surface area contributed by atoms with Crippen LogP contribution in [0, 0.1) is 11.3 Å². The number of anilines is 1. The van der Waals surface area contributed by atoms with E-state index in [-0.39, 0.29) is 6.03 Å². The second-order valence-corrected chi connectivity index (χ2v) is 7.03. The van der Waals surface area contributed by atoms with Gasteiger partial charge in [-0.15, -0.1) is 11.8 Å². The summed E-state index contributed by atoms with van der Waals surface area (Å²) >= 11 is 1.61. The normalized spacial score (nSPS) is 16.1. The number of hydrogen-bond acceptors (Lipinski definition) is 3. The zero-order valence-corrected chi connectivity index (χ0v) is 15.1. The van der Waals surface area contributed by atoms with E-state index in [0.29, 0.717) is 25.9 Å². The predicted octanol–water partition coefficient (Wildman–Crippen LogP) is 4.50. The lowest BCUT2D eigenvalue weighted by atomic mass is 9.74.